The molecule has 2 rings (SSSR count). The van der Waals surface area contributed by atoms with Crippen LogP contribution in [-0.2, 0) is 6.54 Å². The van der Waals surface area contributed by atoms with Gasteiger partial charge in [0.05, 0.1) is 22.6 Å². The van der Waals surface area contributed by atoms with Crippen LogP contribution in [0.2, 0.25) is 10.0 Å². The fraction of sp³-hybridized carbons (Fsp3) is 0.273. The van der Waals surface area contributed by atoms with Crippen LogP contribution in [0.15, 0.2) is 24.4 Å². The van der Waals surface area contributed by atoms with Crippen molar-refractivity contribution in [3.63, 3.8) is 0 Å². The molecule has 2 aromatic rings. The van der Waals surface area contributed by atoms with Gasteiger partial charge in [0.2, 0.25) is 0 Å². The van der Waals surface area contributed by atoms with E-state index in [-0.39, 0.29) is 0 Å². The summed E-state index contributed by atoms with van der Waals surface area (Å²) in [6.45, 7) is 3.61. The van der Waals surface area contributed by atoms with Gasteiger partial charge in [-0.1, -0.05) is 35.3 Å². The molecule has 0 radical (unpaired) electrons. The Labute approximate surface area is 110 Å². The van der Waals surface area contributed by atoms with E-state index in [1.54, 1.807) is 29.1 Å². The van der Waals surface area contributed by atoms with Crippen LogP contribution in [0.3, 0.4) is 0 Å². The van der Waals surface area contributed by atoms with Gasteiger partial charge in [-0.2, -0.15) is 0 Å². The minimum absolute atomic E-state index is 0.595. The van der Waals surface area contributed by atoms with Gasteiger partial charge in [0.15, 0.2) is 0 Å². The summed E-state index contributed by atoms with van der Waals surface area (Å²) in [5.41, 5.74) is 1.68. The van der Waals surface area contributed by atoms with Crippen molar-refractivity contribution in [2.24, 2.45) is 0 Å². The van der Waals surface area contributed by atoms with Gasteiger partial charge >= 0.3 is 0 Å². The lowest BCUT2D eigenvalue weighted by atomic mass is 10.3. The van der Waals surface area contributed by atoms with Crippen LogP contribution in [0, 0.1) is 0 Å². The second kappa shape index (κ2) is 5.49. The fourth-order valence-electron chi connectivity index (χ4n) is 1.48. The second-order valence-electron chi connectivity index (χ2n) is 3.51. The van der Waals surface area contributed by atoms with Crippen LogP contribution < -0.4 is 5.32 Å². The average Bonchev–Trinajstić information content (AvgIpc) is 2.77. The molecule has 0 aliphatic heterocycles. The van der Waals surface area contributed by atoms with Gasteiger partial charge in [-0.3, -0.25) is 0 Å². The maximum Gasteiger partial charge on any atom is 0.0868 e. The maximum absolute atomic E-state index is 6.13. The van der Waals surface area contributed by atoms with E-state index in [4.69, 9.17) is 23.2 Å². The van der Waals surface area contributed by atoms with Crippen molar-refractivity contribution in [2.45, 2.75) is 13.5 Å². The second-order valence-corrected chi connectivity index (χ2v) is 4.36. The monoisotopic (exact) mass is 270 g/mol. The first-order chi connectivity index (χ1) is 8.22. The predicted molar refractivity (Wildman–Crippen MR) is 68.8 cm³/mol. The van der Waals surface area contributed by atoms with Gasteiger partial charge in [0.1, 0.15) is 0 Å². The lowest BCUT2D eigenvalue weighted by Crippen LogP contribution is -2.15. The predicted octanol–water partition coefficient (Wildman–Crippen LogP) is 2.68. The summed E-state index contributed by atoms with van der Waals surface area (Å²) in [7, 11) is 0. The molecule has 0 saturated heterocycles. The number of nitrogens with zero attached hydrogens (tertiary/aromatic N) is 3. The molecule has 0 bridgehead atoms. The summed E-state index contributed by atoms with van der Waals surface area (Å²) >= 11 is 12.1. The van der Waals surface area contributed by atoms with Crippen molar-refractivity contribution in [1.29, 1.82) is 0 Å². The molecule has 1 N–H and O–H groups in total. The largest absolute Gasteiger partial charge is 0.311 e. The van der Waals surface area contributed by atoms with Crippen molar-refractivity contribution in [3.05, 3.63) is 40.1 Å². The molecule has 1 aromatic carbocycles. The fourth-order valence-corrected chi connectivity index (χ4v) is 1.84. The van der Waals surface area contributed by atoms with E-state index in [0.717, 1.165) is 17.9 Å². The van der Waals surface area contributed by atoms with E-state index in [0.29, 0.717) is 16.6 Å². The molecule has 0 aliphatic carbocycles. The van der Waals surface area contributed by atoms with Gasteiger partial charge in [0.25, 0.3) is 0 Å². The van der Waals surface area contributed by atoms with Gasteiger partial charge in [-0.15, -0.1) is 5.10 Å². The Morgan fingerprint density at radius 1 is 1.35 bits per heavy atom. The van der Waals surface area contributed by atoms with E-state index >= 15 is 0 Å². The number of nitrogens with one attached hydrogen (secondary N) is 1. The van der Waals surface area contributed by atoms with Crippen molar-refractivity contribution < 1.29 is 0 Å². The highest BCUT2D eigenvalue weighted by Gasteiger charge is 2.09. The van der Waals surface area contributed by atoms with Crippen LogP contribution in [-0.4, -0.2) is 21.5 Å². The van der Waals surface area contributed by atoms with E-state index in [9.17, 15) is 0 Å². The number of halogens is 2. The number of hydrogen-bond donors (Lipinski definition) is 1. The van der Waals surface area contributed by atoms with Crippen LogP contribution in [0.4, 0.5) is 0 Å². The number of aromatic nitrogens is 3. The molecule has 1 aromatic heterocycles. The quantitative estimate of drug-likeness (QED) is 0.929. The summed E-state index contributed by atoms with van der Waals surface area (Å²) in [4.78, 5) is 0. The Kier molecular flexibility index (Phi) is 3.99. The maximum atomic E-state index is 6.13. The molecule has 1 heterocycles. The van der Waals surface area contributed by atoms with Gasteiger partial charge in [0, 0.05) is 11.6 Å². The lowest BCUT2D eigenvalue weighted by molar-refractivity contribution is 0.672. The highest BCUT2D eigenvalue weighted by Crippen LogP contribution is 2.24. The lowest BCUT2D eigenvalue weighted by Gasteiger charge is -2.08. The first-order valence-corrected chi connectivity index (χ1v) is 6.03. The van der Waals surface area contributed by atoms with E-state index in [1.165, 1.54) is 0 Å². The summed E-state index contributed by atoms with van der Waals surface area (Å²) in [6.07, 6.45) is 1.71. The first-order valence-electron chi connectivity index (χ1n) is 5.28. The molecule has 0 atom stereocenters. The van der Waals surface area contributed by atoms with Crippen LogP contribution >= 0.6 is 23.2 Å². The van der Waals surface area contributed by atoms with Crippen molar-refractivity contribution in [1.82, 2.24) is 20.3 Å². The minimum Gasteiger partial charge on any atom is -0.311 e. The molecule has 0 fully saturated rings. The molecule has 6 heteroatoms. The molecule has 0 amide bonds. The van der Waals surface area contributed by atoms with Crippen molar-refractivity contribution in [2.75, 3.05) is 6.54 Å². The third-order valence-electron chi connectivity index (χ3n) is 2.31. The minimum atomic E-state index is 0.595. The van der Waals surface area contributed by atoms with E-state index in [2.05, 4.69) is 15.6 Å². The van der Waals surface area contributed by atoms with Crippen LogP contribution in [0.1, 0.15) is 12.6 Å². The molecule has 4 nitrogen and oxygen atoms in total. The molecule has 0 saturated carbocycles. The smallest absolute Gasteiger partial charge is 0.0868 e. The summed E-state index contributed by atoms with van der Waals surface area (Å²) < 4.78 is 1.69. The molecule has 0 unspecified atom stereocenters. The highest BCUT2D eigenvalue weighted by molar-refractivity contribution is 6.34. The SMILES string of the molecule is CCNCc1cnnn1-c1cc(Cl)ccc1Cl. The Balaban J connectivity index is 2.38. The standard InChI is InChI=1S/C11H12Cl2N4/c1-2-14-6-9-7-15-16-17(9)11-5-8(12)3-4-10(11)13/h3-5,7,14H,2,6H2,1H3. The third-order valence-corrected chi connectivity index (χ3v) is 2.87. The van der Waals surface area contributed by atoms with Crippen LogP contribution in [0.5, 0.6) is 0 Å². The normalized spacial score (nSPS) is 10.8. The van der Waals surface area contributed by atoms with Crippen molar-refractivity contribution >= 4 is 23.2 Å². The summed E-state index contributed by atoms with van der Waals surface area (Å²) in [5.74, 6) is 0. The molecule has 17 heavy (non-hydrogen) atoms. The zero-order valence-corrected chi connectivity index (χ0v) is 10.8. The number of rotatable bonds is 4. The number of hydrogen-bond acceptors (Lipinski definition) is 3. The summed E-state index contributed by atoms with van der Waals surface area (Å²) in [5, 5.41) is 12.4. The topological polar surface area (TPSA) is 42.7 Å². The molecule has 0 aliphatic rings. The Hall–Kier alpha value is -1.10. The highest BCUT2D eigenvalue weighted by atomic mass is 35.5. The molecule has 0 spiro atoms. The molecular weight excluding hydrogens is 259 g/mol. The van der Waals surface area contributed by atoms with Crippen LogP contribution in [0.25, 0.3) is 5.69 Å². The van der Waals surface area contributed by atoms with Gasteiger partial charge < -0.3 is 5.32 Å². The van der Waals surface area contributed by atoms with E-state index in [1.807, 2.05) is 6.92 Å². The van der Waals surface area contributed by atoms with Gasteiger partial charge in [-0.05, 0) is 24.7 Å². The van der Waals surface area contributed by atoms with E-state index < -0.39 is 0 Å². The van der Waals surface area contributed by atoms with Gasteiger partial charge in [-0.25, -0.2) is 4.68 Å². The zero-order chi connectivity index (χ0) is 12.3. The van der Waals surface area contributed by atoms with Crippen molar-refractivity contribution in [3.8, 4) is 5.69 Å². The Bertz CT molecular complexity index is 510. The first kappa shape index (κ1) is 12.4. The number of benzene rings is 1. The molecular formula is C11H12Cl2N4. The molecule has 90 valence electrons. The average molecular weight is 271 g/mol. The summed E-state index contributed by atoms with van der Waals surface area (Å²) in [6, 6.07) is 5.26. The Morgan fingerprint density at radius 3 is 2.94 bits per heavy atom. The zero-order valence-electron chi connectivity index (χ0n) is 9.32. The third kappa shape index (κ3) is 2.77. The Morgan fingerprint density at radius 2 is 2.18 bits per heavy atom.